The van der Waals surface area contributed by atoms with E-state index in [4.69, 9.17) is 11.6 Å². The third kappa shape index (κ3) is 4.09. The fourth-order valence-electron chi connectivity index (χ4n) is 2.33. The molecule has 0 aliphatic heterocycles. The maximum absolute atomic E-state index is 11.6. The molecule has 0 saturated carbocycles. The Morgan fingerprint density at radius 2 is 1.85 bits per heavy atom. The number of hydrogen-bond donors (Lipinski definition) is 2. The number of rotatable bonds is 5. The summed E-state index contributed by atoms with van der Waals surface area (Å²) < 4.78 is 0.842. The van der Waals surface area contributed by atoms with E-state index in [2.05, 4.69) is 36.5 Å². The summed E-state index contributed by atoms with van der Waals surface area (Å²) in [7, 11) is 0. The van der Waals surface area contributed by atoms with Crippen LogP contribution in [0.2, 0.25) is 5.02 Å². The summed E-state index contributed by atoms with van der Waals surface area (Å²) in [4.78, 5) is 19.2. The Kier molecular flexibility index (Phi) is 5.34. The standard InChI is InChI=1S/C17H13BrClN5O2/c1-10-7-12(19)5-6-14(10)23-17-15(24(25)26)16(20-9-21-17)22-13-4-2-3-11(18)8-13/h2-9H,1H3,(H2,20,21,22,23). The first-order chi connectivity index (χ1) is 12.4. The van der Waals surface area contributed by atoms with Gasteiger partial charge in [0, 0.05) is 20.9 Å². The van der Waals surface area contributed by atoms with Crippen molar-refractivity contribution in [3.05, 3.63) is 74.0 Å². The summed E-state index contributed by atoms with van der Waals surface area (Å²) >= 11 is 9.32. The molecule has 132 valence electrons. The molecule has 1 heterocycles. The van der Waals surface area contributed by atoms with Crippen LogP contribution in [-0.4, -0.2) is 14.9 Å². The Morgan fingerprint density at radius 1 is 1.12 bits per heavy atom. The van der Waals surface area contributed by atoms with Crippen molar-refractivity contribution in [1.82, 2.24) is 9.97 Å². The topological polar surface area (TPSA) is 93.0 Å². The smallest absolute Gasteiger partial charge is 0.334 e. The minimum atomic E-state index is -0.520. The van der Waals surface area contributed by atoms with Crippen LogP contribution in [0.3, 0.4) is 0 Å². The zero-order chi connectivity index (χ0) is 18.7. The molecule has 2 N–H and O–H groups in total. The predicted octanol–water partition coefficient (Wildman–Crippen LogP) is 5.60. The van der Waals surface area contributed by atoms with Gasteiger partial charge in [0.2, 0.25) is 11.6 Å². The summed E-state index contributed by atoms with van der Waals surface area (Å²) in [5, 5.41) is 18.2. The Balaban J connectivity index is 1.99. The highest BCUT2D eigenvalue weighted by molar-refractivity contribution is 9.10. The van der Waals surface area contributed by atoms with E-state index in [1.807, 2.05) is 19.1 Å². The van der Waals surface area contributed by atoms with Gasteiger partial charge in [0.15, 0.2) is 0 Å². The van der Waals surface area contributed by atoms with E-state index in [-0.39, 0.29) is 17.3 Å². The second-order valence-electron chi connectivity index (χ2n) is 5.40. The summed E-state index contributed by atoms with van der Waals surface area (Å²) in [6.45, 7) is 1.85. The number of nitrogens with one attached hydrogen (secondary N) is 2. The molecule has 0 spiro atoms. The van der Waals surface area contributed by atoms with Gasteiger partial charge in [-0.15, -0.1) is 0 Å². The molecule has 3 aromatic rings. The number of nitro groups is 1. The fraction of sp³-hybridized carbons (Fsp3) is 0.0588. The molecule has 0 aliphatic rings. The van der Waals surface area contributed by atoms with Crippen molar-refractivity contribution >= 4 is 56.2 Å². The van der Waals surface area contributed by atoms with Crippen molar-refractivity contribution in [2.75, 3.05) is 10.6 Å². The second-order valence-corrected chi connectivity index (χ2v) is 6.75. The molecule has 2 aromatic carbocycles. The molecule has 0 amide bonds. The molecule has 0 aliphatic carbocycles. The maximum Gasteiger partial charge on any atom is 0.353 e. The van der Waals surface area contributed by atoms with Crippen LogP contribution < -0.4 is 10.6 Å². The molecule has 0 radical (unpaired) electrons. The van der Waals surface area contributed by atoms with Gasteiger partial charge in [0.1, 0.15) is 6.33 Å². The van der Waals surface area contributed by atoms with E-state index in [1.165, 1.54) is 6.33 Å². The average Bonchev–Trinajstić information content (AvgIpc) is 2.57. The van der Waals surface area contributed by atoms with Gasteiger partial charge in [-0.05, 0) is 48.9 Å². The Hall–Kier alpha value is -2.71. The molecular formula is C17H13BrClN5O2. The average molecular weight is 435 g/mol. The third-order valence-electron chi connectivity index (χ3n) is 3.53. The Morgan fingerprint density at radius 3 is 2.50 bits per heavy atom. The number of nitrogens with zero attached hydrogens (tertiary/aromatic N) is 3. The van der Waals surface area contributed by atoms with Crippen molar-refractivity contribution in [3.8, 4) is 0 Å². The lowest BCUT2D eigenvalue weighted by atomic mass is 10.2. The summed E-state index contributed by atoms with van der Waals surface area (Å²) in [6.07, 6.45) is 1.26. The highest BCUT2D eigenvalue weighted by Crippen LogP contribution is 2.34. The molecule has 0 unspecified atom stereocenters. The monoisotopic (exact) mass is 433 g/mol. The number of aromatic nitrogens is 2. The predicted molar refractivity (Wildman–Crippen MR) is 106 cm³/mol. The zero-order valence-electron chi connectivity index (χ0n) is 13.5. The van der Waals surface area contributed by atoms with Gasteiger partial charge >= 0.3 is 5.69 Å². The van der Waals surface area contributed by atoms with Crippen LogP contribution in [-0.2, 0) is 0 Å². The van der Waals surface area contributed by atoms with Crippen molar-refractivity contribution in [2.45, 2.75) is 6.92 Å². The SMILES string of the molecule is Cc1cc(Cl)ccc1Nc1ncnc(Nc2cccc(Br)c2)c1[N+](=O)[O-]. The van der Waals surface area contributed by atoms with Crippen molar-refractivity contribution in [1.29, 1.82) is 0 Å². The molecule has 7 nitrogen and oxygen atoms in total. The van der Waals surface area contributed by atoms with Crippen molar-refractivity contribution < 1.29 is 4.92 Å². The van der Waals surface area contributed by atoms with Gasteiger partial charge in [0.25, 0.3) is 0 Å². The quantitative estimate of drug-likeness (QED) is 0.401. The van der Waals surface area contributed by atoms with Crippen LogP contribution in [0, 0.1) is 17.0 Å². The van der Waals surface area contributed by atoms with E-state index in [0.717, 1.165) is 10.0 Å². The molecule has 9 heteroatoms. The highest BCUT2D eigenvalue weighted by Gasteiger charge is 2.23. The van der Waals surface area contributed by atoms with Crippen LogP contribution >= 0.6 is 27.5 Å². The molecule has 0 atom stereocenters. The molecular weight excluding hydrogens is 422 g/mol. The normalized spacial score (nSPS) is 10.4. The first-order valence-electron chi connectivity index (χ1n) is 7.49. The summed E-state index contributed by atoms with van der Waals surface area (Å²) in [5.74, 6) is 0.185. The van der Waals surface area contributed by atoms with Gasteiger partial charge in [-0.25, -0.2) is 9.97 Å². The fourth-order valence-corrected chi connectivity index (χ4v) is 2.96. The molecule has 0 fully saturated rings. The summed E-state index contributed by atoms with van der Waals surface area (Å²) in [6, 6.07) is 12.5. The van der Waals surface area contributed by atoms with Crippen molar-refractivity contribution in [2.24, 2.45) is 0 Å². The molecule has 0 bridgehead atoms. The van der Waals surface area contributed by atoms with Crippen LogP contribution in [0.1, 0.15) is 5.56 Å². The first kappa shape index (κ1) is 18.1. The van der Waals surface area contributed by atoms with Gasteiger partial charge in [0.05, 0.1) is 4.92 Å². The van der Waals surface area contributed by atoms with E-state index in [1.54, 1.807) is 30.3 Å². The van der Waals surface area contributed by atoms with Gasteiger partial charge < -0.3 is 10.6 Å². The third-order valence-corrected chi connectivity index (χ3v) is 4.26. The lowest BCUT2D eigenvalue weighted by Crippen LogP contribution is -2.06. The zero-order valence-corrected chi connectivity index (χ0v) is 15.9. The Labute approximate surface area is 162 Å². The number of benzene rings is 2. The van der Waals surface area contributed by atoms with E-state index in [9.17, 15) is 10.1 Å². The minimum absolute atomic E-state index is 0.0907. The number of hydrogen-bond acceptors (Lipinski definition) is 6. The van der Waals surface area contributed by atoms with Crippen LogP contribution in [0.5, 0.6) is 0 Å². The van der Waals surface area contributed by atoms with Gasteiger partial charge in [-0.2, -0.15) is 0 Å². The number of anilines is 4. The van der Waals surface area contributed by atoms with Crippen LogP contribution in [0.15, 0.2) is 53.3 Å². The molecule has 0 saturated heterocycles. The minimum Gasteiger partial charge on any atom is -0.334 e. The molecule has 1 aromatic heterocycles. The van der Waals surface area contributed by atoms with E-state index in [0.29, 0.717) is 16.4 Å². The van der Waals surface area contributed by atoms with Gasteiger partial charge in [-0.3, -0.25) is 10.1 Å². The second kappa shape index (κ2) is 7.67. The maximum atomic E-state index is 11.6. The molecule has 26 heavy (non-hydrogen) atoms. The van der Waals surface area contributed by atoms with Gasteiger partial charge in [-0.1, -0.05) is 33.6 Å². The summed E-state index contributed by atoms with van der Waals surface area (Å²) in [5.41, 5.74) is 1.92. The Bertz CT molecular complexity index is 983. The van der Waals surface area contributed by atoms with E-state index >= 15 is 0 Å². The lowest BCUT2D eigenvalue weighted by molar-refractivity contribution is -0.383. The number of aryl methyl sites for hydroxylation is 1. The lowest BCUT2D eigenvalue weighted by Gasteiger charge is -2.12. The molecule has 3 rings (SSSR count). The first-order valence-corrected chi connectivity index (χ1v) is 8.66. The highest BCUT2D eigenvalue weighted by atomic mass is 79.9. The van der Waals surface area contributed by atoms with Crippen molar-refractivity contribution in [3.63, 3.8) is 0 Å². The van der Waals surface area contributed by atoms with Crippen LogP contribution in [0.25, 0.3) is 0 Å². The van der Waals surface area contributed by atoms with Crippen LogP contribution in [0.4, 0.5) is 28.7 Å². The van der Waals surface area contributed by atoms with E-state index < -0.39 is 4.92 Å². The number of halogens is 2. The largest absolute Gasteiger partial charge is 0.353 e.